The Bertz CT molecular complexity index is 888. The lowest BCUT2D eigenvalue weighted by atomic mass is 10.3. The highest BCUT2D eigenvalue weighted by Gasteiger charge is 2.23. The molecule has 140 valence electrons. The van der Waals surface area contributed by atoms with E-state index in [9.17, 15) is 9.18 Å². The summed E-state index contributed by atoms with van der Waals surface area (Å²) in [4.78, 5) is 21.1. The van der Waals surface area contributed by atoms with Crippen LogP contribution in [-0.2, 0) is 4.79 Å². The average Bonchev–Trinajstić information content (AvgIpc) is 3.39. The summed E-state index contributed by atoms with van der Waals surface area (Å²) in [6.07, 6.45) is 0. The van der Waals surface area contributed by atoms with E-state index >= 15 is 0 Å². The van der Waals surface area contributed by atoms with E-state index in [0.717, 1.165) is 29.5 Å². The Morgan fingerprint density at radius 1 is 1.11 bits per heavy atom. The van der Waals surface area contributed by atoms with Crippen LogP contribution >= 0.6 is 22.7 Å². The highest BCUT2D eigenvalue weighted by molar-refractivity contribution is 7.14. The van der Waals surface area contributed by atoms with Crippen molar-refractivity contribution in [3.05, 3.63) is 52.3 Å². The molecule has 1 aromatic carbocycles. The first-order valence-electron chi connectivity index (χ1n) is 8.58. The number of hydrogen-bond donors (Lipinski definition) is 0. The van der Waals surface area contributed by atoms with Crippen LogP contribution in [0, 0.1) is 5.82 Å². The Balaban J connectivity index is 1.28. The van der Waals surface area contributed by atoms with Crippen molar-refractivity contribution in [2.45, 2.75) is 0 Å². The maximum atomic E-state index is 12.9. The second kappa shape index (κ2) is 8.06. The van der Waals surface area contributed by atoms with Crippen LogP contribution in [0.1, 0.15) is 0 Å². The minimum absolute atomic E-state index is 0.0365. The Labute approximate surface area is 164 Å². The first kappa shape index (κ1) is 17.9. The third-order valence-electron chi connectivity index (χ3n) is 4.39. The monoisotopic (exact) mass is 403 g/mol. The number of carbonyl (C=O) groups excluding carboxylic acids is 1. The van der Waals surface area contributed by atoms with E-state index in [0.29, 0.717) is 18.8 Å². The summed E-state index contributed by atoms with van der Waals surface area (Å²) >= 11 is 3.30. The van der Waals surface area contributed by atoms with Gasteiger partial charge in [-0.3, -0.25) is 4.79 Å². The zero-order valence-electron chi connectivity index (χ0n) is 14.5. The second-order valence-electron chi connectivity index (χ2n) is 6.14. The highest BCUT2D eigenvalue weighted by atomic mass is 32.1. The van der Waals surface area contributed by atoms with Crippen molar-refractivity contribution in [1.29, 1.82) is 0 Å². The second-order valence-corrected chi connectivity index (χ2v) is 7.75. The molecule has 0 N–H and O–H groups in total. The molecule has 1 fully saturated rings. The molecule has 1 aliphatic heterocycles. The maximum Gasteiger partial charge on any atom is 0.260 e. The van der Waals surface area contributed by atoms with Crippen molar-refractivity contribution < 1.29 is 13.9 Å². The smallest absolute Gasteiger partial charge is 0.260 e. The Morgan fingerprint density at radius 3 is 2.59 bits per heavy atom. The number of ether oxygens (including phenoxy) is 1. The zero-order chi connectivity index (χ0) is 18.6. The summed E-state index contributed by atoms with van der Waals surface area (Å²) in [5, 5.41) is 7.21. The average molecular weight is 404 g/mol. The topological polar surface area (TPSA) is 45.7 Å². The van der Waals surface area contributed by atoms with Gasteiger partial charge in [0, 0.05) is 42.5 Å². The van der Waals surface area contributed by atoms with Crippen molar-refractivity contribution in [2.24, 2.45) is 0 Å². The molecule has 2 aromatic heterocycles. The van der Waals surface area contributed by atoms with E-state index in [-0.39, 0.29) is 18.3 Å². The number of carbonyl (C=O) groups is 1. The van der Waals surface area contributed by atoms with Crippen LogP contribution in [0.25, 0.3) is 11.3 Å². The molecule has 4 rings (SSSR count). The van der Waals surface area contributed by atoms with Crippen LogP contribution in [-0.4, -0.2) is 48.6 Å². The predicted molar refractivity (Wildman–Crippen MR) is 106 cm³/mol. The predicted octanol–water partition coefficient (Wildman–Crippen LogP) is 3.74. The van der Waals surface area contributed by atoms with Gasteiger partial charge >= 0.3 is 0 Å². The number of amides is 1. The SMILES string of the molecule is O=C(COc1ccc(F)cc1)N1CCN(c2nc(-c3ccsc3)cs2)CC1. The number of halogens is 1. The number of hydrogen-bond acceptors (Lipinski definition) is 6. The van der Waals surface area contributed by atoms with E-state index in [2.05, 4.69) is 21.7 Å². The molecule has 0 aliphatic carbocycles. The van der Waals surface area contributed by atoms with Crippen molar-refractivity contribution in [3.8, 4) is 17.0 Å². The molecule has 1 amide bonds. The number of aromatic nitrogens is 1. The van der Waals surface area contributed by atoms with E-state index in [1.165, 1.54) is 24.3 Å². The first-order chi connectivity index (χ1) is 13.2. The number of thiophene rings is 1. The van der Waals surface area contributed by atoms with Crippen molar-refractivity contribution in [1.82, 2.24) is 9.88 Å². The summed E-state index contributed by atoms with van der Waals surface area (Å²) < 4.78 is 18.3. The lowest BCUT2D eigenvalue weighted by Crippen LogP contribution is -2.50. The van der Waals surface area contributed by atoms with Gasteiger partial charge in [0.2, 0.25) is 0 Å². The molecule has 0 bridgehead atoms. The molecule has 5 nitrogen and oxygen atoms in total. The zero-order valence-corrected chi connectivity index (χ0v) is 16.1. The van der Waals surface area contributed by atoms with Crippen LogP contribution in [0.3, 0.4) is 0 Å². The normalized spacial score (nSPS) is 14.4. The molecule has 0 atom stereocenters. The van der Waals surface area contributed by atoms with Gasteiger partial charge in [0.15, 0.2) is 11.7 Å². The van der Waals surface area contributed by atoms with Gasteiger partial charge < -0.3 is 14.5 Å². The Hall–Kier alpha value is -2.45. The van der Waals surface area contributed by atoms with Crippen molar-refractivity contribution in [2.75, 3.05) is 37.7 Å². The molecule has 0 spiro atoms. The quantitative estimate of drug-likeness (QED) is 0.651. The van der Waals surface area contributed by atoms with E-state index < -0.39 is 0 Å². The van der Waals surface area contributed by atoms with Crippen LogP contribution in [0.15, 0.2) is 46.5 Å². The number of anilines is 1. The lowest BCUT2D eigenvalue weighted by molar-refractivity contribution is -0.133. The summed E-state index contributed by atoms with van der Waals surface area (Å²) in [5.74, 6) is 0.110. The van der Waals surface area contributed by atoms with Crippen LogP contribution in [0.5, 0.6) is 5.75 Å². The Morgan fingerprint density at radius 2 is 1.89 bits per heavy atom. The standard InChI is InChI=1S/C19H18FN3O2S2/c20-15-1-3-16(4-2-15)25-11-18(24)22-6-8-23(9-7-22)19-21-17(13-27-19)14-5-10-26-12-14/h1-5,10,12-13H,6-9,11H2. The third-order valence-corrected chi connectivity index (χ3v) is 5.97. The first-order valence-corrected chi connectivity index (χ1v) is 10.4. The van der Waals surface area contributed by atoms with E-state index in [4.69, 9.17) is 9.72 Å². The van der Waals surface area contributed by atoms with Crippen LogP contribution in [0.2, 0.25) is 0 Å². The molecule has 3 heterocycles. The van der Waals surface area contributed by atoms with Crippen molar-refractivity contribution >= 4 is 33.7 Å². The molecule has 1 saturated heterocycles. The molecular formula is C19H18FN3O2S2. The molecule has 27 heavy (non-hydrogen) atoms. The molecule has 8 heteroatoms. The number of rotatable bonds is 5. The largest absolute Gasteiger partial charge is 0.484 e. The minimum Gasteiger partial charge on any atom is -0.484 e. The summed E-state index contributed by atoms with van der Waals surface area (Å²) in [5.41, 5.74) is 2.15. The summed E-state index contributed by atoms with van der Waals surface area (Å²) in [6, 6.07) is 7.75. The summed E-state index contributed by atoms with van der Waals surface area (Å²) in [6.45, 7) is 2.74. The fourth-order valence-corrected chi connectivity index (χ4v) is 4.40. The van der Waals surface area contributed by atoms with E-state index in [1.807, 2.05) is 5.38 Å². The molecule has 1 aliphatic rings. The van der Waals surface area contributed by atoms with Crippen LogP contribution in [0.4, 0.5) is 9.52 Å². The van der Waals surface area contributed by atoms with Gasteiger partial charge in [-0.15, -0.1) is 11.3 Å². The van der Waals surface area contributed by atoms with Gasteiger partial charge in [-0.25, -0.2) is 9.37 Å². The van der Waals surface area contributed by atoms with Gasteiger partial charge in [0.05, 0.1) is 5.69 Å². The number of thiazole rings is 1. The fourth-order valence-electron chi connectivity index (χ4n) is 2.87. The van der Waals surface area contributed by atoms with Gasteiger partial charge in [-0.05, 0) is 35.7 Å². The lowest BCUT2D eigenvalue weighted by Gasteiger charge is -2.34. The number of benzene rings is 1. The van der Waals surface area contributed by atoms with Gasteiger partial charge in [0.1, 0.15) is 11.6 Å². The molecule has 3 aromatic rings. The number of piperazine rings is 1. The van der Waals surface area contributed by atoms with Gasteiger partial charge in [-0.1, -0.05) is 0 Å². The molecule has 0 unspecified atom stereocenters. The minimum atomic E-state index is -0.325. The Kier molecular flexibility index (Phi) is 5.35. The highest BCUT2D eigenvalue weighted by Crippen LogP contribution is 2.29. The molecule has 0 saturated carbocycles. The van der Waals surface area contributed by atoms with Crippen molar-refractivity contribution in [3.63, 3.8) is 0 Å². The summed E-state index contributed by atoms with van der Waals surface area (Å²) in [7, 11) is 0. The maximum absolute atomic E-state index is 12.9. The molecular weight excluding hydrogens is 385 g/mol. The number of nitrogens with zero attached hydrogens (tertiary/aromatic N) is 3. The third kappa shape index (κ3) is 4.28. The fraction of sp³-hybridized carbons (Fsp3) is 0.263. The van der Waals surface area contributed by atoms with Crippen LogP contribution < -0.4 is 9.64 Å². The molecule has 0 radical (unpaired) electrons. The van der Waals surface area contributed by atoms with Gasteiger partial charge in [0.25, 0.3) is 5.91 Å². The van der Waals surface area contributed by atoms with E-state index in [1.54, 1.807) is 27.6 Å². The van der Waals surface area contributed by atoms with Gasteiger partial charge in [-0.2, -0.15) is 11.3 Å².